The number of hydrogen-bond donors (Lipinski definition) is 4. The maximum atomic E-state index is 12.8. The summed E-state index contributed by atoms with van der Waals surface area (Å²) in [5.74, 6) is -0.719. The maximum absolute atomic E-state index is 12.8. The van der Waals surface area contributed by atoms with Crippen LogP contribution < -0.4 is 21.3 Å². The van der Waals surface area contributed by atoms with Gasteiger partial charge in [0.2, 0.25) is 12.3 Å². The topological polar surface area (TPSA) is 120 Å². The van der Waals surface area contributed by atoms with E-state index in [-0.39, 0.29) is 25.0 Å². The molecule has 9 heteroatoms. The number of carbonyl (C=O) groups is 4. The number of urea groups is 1. The molecule has 0 spiro atoms. The molecule has 2 aromatic rings. The molecule has 3 rings (SSSR count). The molecule has 1 atom stereocenters. The number of rotatable bonds is 9. The van der Waals surface area contributed by atoms with Crippen molar-refractivity contribution < 1.29 is 19.2 Å². The predicted octanol–water partition coefficient (Wildman–Crippen LogP) is 2.45. The van der Waals surface area contributed by atoms with Crippen LogP contribution in [0.5, 0.6) is 0 Å². The molecular weight excluding hydrogens is 410 g/mol. The summed E-state index contributed by atoms with van der Waals surface area (Å²) in [5, 5.41) is 10.8. The molecule has 0 bridgehead atoms. The number of imide groups is 1. The van der Waals surface area contributed by atoms with Crippen molar-refractivity contribution in [3.63, 3.8) is 0 Å². The van der Waals surface area contributed by atoms with E-state index in [1.165, 1.54) is 4.90 Å². The van der Waals surface area contributed by atoms with Crippen LogP contribution in [0.2, 0.25) is 0 Å². The number of amides is 5. The van der Waals surface area contributed by atoms with E-state index in [0.717, 1.165) is 16.8 Å². The van der Waals surface area contributed by atoms with Gasteiger partial charge in [-0.2, -0.15) is 0 Å². The lowest BCUT2D eigenvalue weighted by molar-refractivity contribution is -0.129. The van der Waals surface area contributed by atoms with Gasteiger partial charge in [0.25, 0.3) is 5.91 Å². The quantitative estimate of drug-likeness (QED) is 0.449. The van der Waals surface area contributed by atoms with Crippen LogP contribution in [-0.2, 0) is 22.7 Å². The molecule has 0 aromatic heterocycles. The molecule has 4 N–H and O–H groups in total. The molecule has 168 valence electrons. The second kappa shape index (κ2) is 10.4. The third-order valence-corrected chi connectivity index (χ3v) is 5.34. The SMILES string of the molecule is CCCC(C(=O)NC=O)N1Cc2cc(CNC(=O)Nc3ccccc3NC)ccc2C1=O. The molecule has 1 aliphatic rings. The van der Waals surface area contributed by atoms with Gasteiger partial charge in [-0.05, 0) is 35.7 Å². The molecule has 0 aliphatic carbocycles. The molecule has 0 radical (unpaired) electrons. The summed E-state index contributed by atoms with van der Waals surface area (Å²) >= 11 is 0. The largest absolute Gasteiger partial charge is 0.386 e. The fraction of sp³-hybridized carbons (Fsp3) is 0.304. The van der Waals surface area contributed by atoms with E-state index in [1.54, 1.807) is 25.2 Å². The summed E-state index contributed by atoms with van der Waals surface area (Å²) in [6, 6.07) is 11.7. The van der Waals surface area contributed by atoms with Crippen molar-refractivity contribution in [2.75, 3.05) is 17.7 Å². The average Bonchev–Trinajstić information content (AvgIpc) is 3.12. The molecule has 2 aromatic carbocycles. The van der Waals surface area contributed by atoms with E-state index in [4.69, 9.17) is 0 Å². The molecule has 1 heterocycles. The van der Waals surface area contributed by atoms with Crippen LogP contribution in [0.1, 0.15) is 41.3 Å². The number of nitrogens with zero attached hydrogens (tertiary/aromatic N) is 1. The fourth-order valence-corrected chi connectivity index (χ4v) is 3.77. The zero-order valence-electron chi connectivity index (χ0n) is 18.1. The molecule has 1 unspecified atom stereocenters. The van der Waals surface area contributed by atoms with E-state index >= 15 is 0 Å². The van der Waals surface area contributed by atoms with Crippen molar-refractivity contribution in [2.24, 2.45) is 0 Å². The number of benzene rings is 2. The zero-order chi connectivity index (χ0) is 23.1. The summed E-state index contributed by atoms with van der Waals surface area (Å²) in [4.78, 5) is 49.6. The number of carbonyl (C=O) groups excluding carboxylic acids is 4. The van der Waals surface area contributed by atoms with E-state index in [2.05, 4.69) is 21.3 Å². The first-order valence-corrected chi connectivity index (χ1v) is 10.5. The highest BCUT2D eigenvalue weighted by Gasteiger charge is 2.35. The van der Waals surface area contributed by atoms with Gasteiger partial charge in [-0.1, -0.05) is 37.6 Å². The highest BCUT2D eigenvalue weighted by Crippen LogP contribution is 2.27. The van der Waals surface area contributed by atoms with Crippen LogP contribution in [0, 0.1) is 0 Å². The maximum Gasteiger partial charge on any atom is 0.319 e. The van der Waals surface area contributed by atoms with E-state index in [9.17, 15) is 19.2 Å². The monoisotopic (exact) mass is 437 g/mol. The van der Waals surface area contributed by atoms with Crippen molar-refractivity contribution in [1.29, 1.82) is 0 Å². The number of hydrogen-bond acceptors (Lipinski definition) is 5. The molecule has 0 fully saturated rings. The van der Waals surface area contributed by atoms with Crippen LogP contribution in [0.25, 0.3) is 0 Å². The second-order valence-corrected chi connectivity index (χ2v) is 7.46. The summed E-state index contributed by atoms with van der Waals surface area (Å²) in [7, 11) is 1.78. The normalized spacial score (nSPS) is 13.2. The smallest absolute Gasteiger partial charge is 0.319 e. The molecular formula is C23H27N5O4. The highest BCUT2D eigenvalue weighted by atomic mass is 16.2. The third kappa shape index (κ3) is 5.05. The van der Waals surface area contributed by atoms with Gasteiger partial charge in [-0.15, -0.1) is 0 Å². The first kappa shape index (κ1) is 22.8. The molecule has 32 heavy (non-hydrogen) atoms. The van der Waals surface area contributed by atoms with E-state index in [1.807, 2.05) is 31.2 Å². The summed E-state index contributed by atoms with van der Waals surface area (Å²) in [6.45, 7) is 2.47. The van der Waals surface area contributed by atoms with E-state index in [0.29, 0.717) is 30.5 Å². The predicted molar refractivity (Wildman–Crippen MR) is 121 cm³/mol. The Kier molecular flexibility index (Phi) is 7.43. The van der Waals surface area contributed by atoms with Gasteiger partial charge in [0.15, 0.2) is 0 Å². The van der Waals surface area contributed by atoms with Crippen LogP contribution in [0.3, 0.4) is 0 Å². The zero-order valence-corrected chi connectivity index (χ0v) is 18.1. The summed E-state index contributed by atoms with van der Waals surface area (Å²) in [5.41, 5.74) is 3.62. The minimum absolute atomic E-state index is 0.236. The van der Waals surface area contributed by atoms with Crippen molar-refractivity contribution in [2.45, 2.75) is 38.9 Å². The van der Waals surface area contributed by atoms with Crippen LogP contribution >= 0.6 is 0 Å². The van der Waals surface area contributed by atoms with Gasteiger partial charge in [-0.25, -0.2) is 4.79 Å². The Hall–Kier alpha value is -3.88. The Bertz CT molecular complexity index is 1020. The first-order valence-electron chi connectivity index (χ1n) is 10.5. The number of nitrogens with one attached hydrogen (secondary N) is 4. The Balaban J connectivity index is 1.65. The lowest BCUT2D eigenvalue weighted by Gasteiger charge is -2.25. The third-order valence-electron chi connectivity index (χ3n) is 5.34. The lowest BCUT2D eigenvalue weighted by atomic mass is 10.1. The lowest BCUT2D eigenvalue weighted by Crippen LogP contribution is -2.46. The standard InChI is InChI=1S/C23H27N5O4/c1-3-6-20(21(30)26-14-29)28-13-16-11-15(9-10-17(16)22(28)31)12-25-23(32)27-19-8-5-4-7-18(19)24-2/h4-5,7-11,14,20,24H,3,6,12-13H2,1-2H3,(H2,25,27,32)(H,26,29,30). The van der Waals surface area contributed by atoms with Gasteiger partial charge in [0, 0.05) is 25.7 Å². The van der Waals surface area contributed by atoms with Crippen LogP contribution in [0.15, 0.2) is 42.5 Å². The minimum Gasteiger partial charge on any atom is -0.386 e. The van der Waals surface area contributed by atoms with Gasteiger partial charge in [0.05, 0.1) is 11.4 Å². The van der Waals surface area contributed by atoms with Crippen LogP contribution in [0.4, 0.5) is 16.2 Å². The van der Waals surface area contributed by atoms with Gasteiger partial charge < -0.3 is 20.9 Å². The van der Waals surface area contributed by atoms with Crippen molar-refractivity contribution in [3.8, 4) is 0 Å². The van der Waals surface area contributed by atoms with E-state index < -0.39 is 11.9 Å². The second-order valence-electron chi connectivity index (χ2n) is 7.46. The molecule has 1 aliphatic heterocycles. The van der Waals surface area contributed by atoms with Crippen molar-refractivity contribution in [1.82, 2.24) is 15.5 Å². The molecule has 0 saturated carbocycles. The summed E-state index contributed by atoms with van der Waals surface area (Å²) in [6.07, 6.45) is 1.49. The Morgan fingerprint density at radius 3 is 2.59 bits per heavy atom. The van der Waals surface area contributed by atoms with Gasteiger partial charge in [-0.3, -0.25) is 19.7 Å². The van der Waals surface area contributed by atoms with Crippen molar-refractivity contribution in [3.05, 3.63) is 59.2 Å². The van der Waals surface area contributed by atoms with Crippen molar-refractivity contribution >= 4 is 35.6 Å². The Morgan fingerprint density at radius 2 is 1.91 bits per heavy atom. The highest BCUT2D eigenvalue weighted by molar-refractivity contribution is 6.02. The van der Waals surface area contributed by atoms with Gasteiger partial charge >= 0.3 is 6.03 Å². The molecule has 5 amide bonds. The Labute approximate surface area is 186 Å². The van der Waals surface area contributed by atoms with Crippen LogP contribution in [-0.4, -0.2) is 42.2 Å². The number of fused-ring (bicyclic) bond motifs is 1. The van der Waals surface area contributed by atoms with Gasteiger partial charge in [0.1, 0.15) is 6.04 Å². The molecule has 9 nitrogen and oxygen atoms in total. The first-order chi connectivity index (χ1) is 15.5. The number of para-hydroxylation sites is 2. The average molecular weight is 438 g/mol. The Morgan fingerprint density at radius 1 is 1.16 bits per heavy atom. The molecule has 0 saturated heterocycles. The summed E-state index contributed by atoms with van der Waals surface area (Å²) < 4.78 is 0. The number of anilines is 2. The fourth-order valence-electron chi connectivity index (χ4n) is 3.77. The minimum atomic E-state index is -0.704.